The van der Waals surface area contributed by atoms with Crippen molar-refractivity contribution in [1.29, 1.82) is 0 Å². The first-order chi connectivity index (χ1) is 6.72. The Morgan fingerprint density at radius 1 is 1.79 bits per heavy atom. The fourth-order valence-corrected chi connectivity index (χ4v) is 1.08. The van der Waals surface area contributed by atoms with E-state index in [4.69, 9.17) is 16.3 Å². The van der Waals surface area contributed by atoms with Gasteiger partial charge in [-0.15, -0.1) is 0 Å². The van der Waals surface area contributed by atoms with Crippen molar-refractivity contribution >= 4 is 17.5 Å². The highest BCUT2D eigenvalue weighted by Crippen LogP contribution is 2.03. The van der Waals surface area contributed by atoms with Crippen LogP contribution in [0.2, 0.25) is 5.02 Å². The van der Waals surface area contributed by atoms with Crippen molar-refractivity contribution in [1.82, 2.24) is 15.1 Å². The summed E-state index contributed by atoms with van der Waals surface area (Å²) in [5, 5.41) is 7.07. The van der Waals surface area contributed by atoms with Crippen molar-refractivity contribution in [2.45, 2.75) is 6.54 Å². The smallest absolute Gasteiger partial charge is 0.241 e. The first-order valence-electron chi connectivity index (χ1n) is 4.16. The molecule has 1 heterocycles. The molecule has 1 aromatic heterocycles. The summed E-state index contributed by atoms with van der Waals surface area (Å²) in [5.41, 5.74) is 0. The minimum Gasteiger partial charge on any atom is -0.383 e. The molecule has 0 spiro atoms. The van der Waals surface area contributed by atoms with Crippen molar-refractivity contribution in [2.75, 3.05) is 20.3 Å². The molecule has 0 aromatic carbocycles. The van der Waals surface area contributed by atoms with E-state index in [1.54, 1.807) is 13.3 Å². The second-order valence-corrected chi connectivity index (χ2v) is 3.14. The summed E-state index contributed by atoms with van der Waals surface area (Å²) in [6, 6.07) is 0. The average molecular weight is 218 g/mol. The predicted molar refractivity (Wildman–Crippen MR) is 52.1 cm³/mol. The molecule has 78 valence electrons. The fraction of sp³-hybridized carbons (Fsp3) is 0.500. The Hall–Kier alpha value is -1.07. The highest BCUT2D eigenvalue weighted by molar-refractivity contribution is 6.30. The molecule has 0 atom stereocenters. The van der Waals surface area contributed by atoms with Crippen LogP contribution < -0.4 is 5.32 Å². The maximum Gasteiger partial charge on any atom is 0.241 e. The lowest BCUT2D eigenvalue weighted by molar-refractivity contribution is -0.122. The van der Waals surface area contributed by atoms with Gasteiger partial charge in [0.2, 0.25) is 5.91 Å². The molecule has 0 fully saturated rings. The zero-order valence-corrected chi connectivity index (χ0v) is 8.62. The number of nitrogens with zero attached hydrogens (tertiary/aromatic N) is 2. The SMILES string of the molecule is COCCNC(=O)Cn1cc(Cl)cn1. The van der Waals surface area contributed by atoms with Gasteiger partial charge in [-0.25, -0.2) is 0 Å². The average Bonchev–Trinajstić information content (AvgIpc) is 2.52. The van der Waals surface area contributed by atoms with Crippen LogP contribution in [-0.4, -0.2) is 35.9 Å². The fourth-order valence-electron chi connectivity index (χ4n) is 0.920. The number of methoxy groups -OCH3 is 1. The maximum atomic E-state index is 11.2. The number of rotatable bonds is 5. The molecule has 1 rings (SSSR count). The molecule has 1 aromatic rings. The van der Waals surface area contributed by atoms with Gasteiger partial charge in [0.1, 0.15) is 6.54 Å². The zero-order valence-electron chi connectivity index (χ0n) is 7.86. The zero-order chi connectivity index (χ0) is 10.4. The summed E-state index contributed by atoms with van der Waals surface area (Å²) in [6.07, 6.45) is 3.08. The second-order valence-electron chi connectivity index (χ2n) is 2.70. The van der Waals surface area contributed by atoms with Crippen LogP contribution in [0, 0.1) is 0 Å². The summed E-state index contributed by atoms with van der Waals surface area (Å²) in [7, 11) is 1.58. The number of carbonyl (C=O) groups is 1. The largest absolute Gasteiger partial charge is 0.383 e. The third kappa shape index (κ3) is 3.76. The Balaban J connectivity index is 2.27. The van der Waals surface area contributed by atoms with Gasteiger partial charge < -0.3 is 10.1 Å². The molecule has 14 heavy (non-hydrogen) atoms. The summed E-state index contributed by atoms with van der Waals surface area (Å²) in [5.74, 6) is -0.109. The first-order valence-corrected chi connectivity index (χ1v) is 4.54. The summed E-state index contributed by atoms with van der Waals surface area (Å²) >= 11 is 5.64. The van der Waals surface area contributed by atoms with Crippen LogP contribution in [0.1, 0.15) is 0 Å². The molecule has 0 aliphatic heterocycles. The Morgan fingerprint density at radius 2 is 2.57 bits per heavy atom. The Morgan fingerprint density at radius 3 is 3.14 bits per heavy atom. The van der Waals surface area contributed by atoms with Crippen molar-refractivity contribution in [3.63, 3.8) is 0 Å². The monoisotopic (exact) mass is 217 g/mol. The number of hydrogen-bond donors (Lipinski definition) is 1. The highest BCUT2D eigenvalue weighted by atomic mass is 35.5. The maximum absolute atomic E-state index is 11.2. The standard InChI is InChI=1S/C8H12ClN3O2/c1-14-3-2-10-8(13)6-12-5-7(9)4-11-12/h4-5H,2-3,6H2,1H3,(H,10,13). The Bertz CT molecular complexity index is 301. The summed E-state index contributed by atoms with van der Waals surface area (Å²) in [4.78, 5) is 11.2. The van der Waals surface area contributed by atoms with Gasteiger partial charge >= 0.3 is 0 Å². The highest BCUT2D eigenvalue weighted by Gasteiger charge is 2.02. The molecule has 0 radical (unpaired) electrons. The second kappa shape index (κ2) is 5.62. The number of halogens is 1. The molecule has 1 amide bonds. The number of carbonyl (C=O) groups excluding carboxylic acids is 1. The molecule has 0 aliphatic rings. The third-order valence-corrected chi connectivity index (χ3v) is 1.73. The lowest BCUT2D eigenvalue weighted by Gasteiger charge is -2.03. The molecule has 0 bridgehead atoms. The lowest BCUT2D eigenvalue weighted by Crippen LogP contribution is -2.30. The predicted octanol–water partition coefficient (Wildman–Crippen LogP) is 0.299. The van der Waals surface area contributed by atoms with E-state index >= 15 is 0 Å². The minimum atomic E-state index is -0.109. The van der Waals surface area contributed by atoms with E-state index in [-0.39, 0.29) is 12.5 Å². The van der Waals surface area contributed by atoms with Crippen LogP contribution in [0.15, 0.2) is 12.4 Å². The molecule has 1 N–H and O–H groups in total. The van der Waals surface area contributed by atoms with Gasteiger partial charge in [0, 0.05) is 19.9 Å². The van der Waals surface area contributed by atoms with Crippen LogP contribution >= 0.6 is 11.6 Å². The lowest BCUT2D eigenvalue weighted by atomic mass is 10.5. The van der Waals surface area contributed by atoms with Crippen molar-refractivity contribution in [3.8, 4) is 0 Å². The Kier molecular flexibility index (Phi) is 4.42. The molecule has 0 unspecified atom stereocenters. The number of nitrogens with one attached hydrogen (secondary N) is 1. The van der Waals surface area contributed by atoms with E-state index in [2.05, 4.69) is 10.4 Å². The number of ether oxygens (including phenoxy) is 1. The normalized spacial score (nSPS) is 10.1. The van der Waals surface area contributed by atoms with Crippen LogP contribution in [0.25, 0.3) is 0 Å². The van der Waals surface area contributed by atoms with E-state index in [1.165, 1.54) is 10.9 Å². The molecule has 0 saturated heterocycles. The number of aromatic nitrogens is 2. The van der Waals surface area contributed by atoms with E-state index in [1.807, 2.05) is 0 Å². The van der Waals surface area contributed by atoms with E-state index in [9.17, 15) is 4.79 Å². The molecule has 0 saturated carbocycles. The van der Waals surface area contributed by atoms with Crippen LogP contribution in [0.3, 0.4) is 0 Å². The first kappa shape index (κ1) is 11.0. The van der Waals surface area contributed by atoms with Crippen molar-refractivity contribution in [3.05, 3.63) is 17.4 Å². The summed E-state index contributed by atoms with van der Waals surface area (Å²) in [6.45, 7) is 1.19. The quantitative estimate of drug-likeness (QED) is 0.722. The van der Waals surface area contributed by atoms with Gasteiger partial charge in [0.05, 0.1) is 17.8 Å². The summed E-state index contributed by atoms with van der Waals surface area (Å²) < 4.78 is 6.26. The molecule has 6 heteroatoms. The van der Waals surface area contributed by atoms with Gasteiger partial charge in [-0.2, -0.15) is 5.10 Å². The topological polar surface area (TPSA) is 56.1 Å². The van der Waals surface area contributed by atoms with Crippen LogP contribution in [-0.2, 0) is 16.1 Å². The molecule has 0 aliphatic carbocycles. The van der Waals surface area contributed by atoms with Crippen LogP contribution in [0.4, 0.5) is 0 Å². The van der Waals surface area contributed by atoms with Gasteiger partial charge in [0.25, 0.3) is 0 Å². The van der Waals surface area contributed by atoms with Gasteiger partial charge in [-0.3, -0.25) is 9.48 Å². The molecule has 5 nitrogen and oxygen atoms in total. The minimum absolute atomic E-state index is 0.109. The van der Waals surface area contributed by atoms with Crippen molar-refractivity contribution in [2.24, 2.45) is 0 Å². The number of hydrogen-bond acceptors (Lipinski definition) is 3. The third-order valence-electron chi connectivity index (χ3n) is 1.54. The van der Waals surface area contributed by atoms with Gasteiger partial charge in [0.15, 0.2) is 0 Å². The van der Waals surface area contributed by atoms with E-state index < -0.39 is 0 Å². The van der Waals surface area contributed by atoms with Crippen molar-refractivity contribution < 1.29 is 9.53 Å². The van der Waals surface area contributed by atoms with E-state index in [0.29, 0.717) is 18.2 Å². The molecular formula is C8H12ClN3O2. The van der Waals surface area contributed by atoms with E-state index in [0.717, 1.165) is 0 Å². The van der Waals surface area contributed by atoms with Gasteiger partial charge in [-0.1, -0.05) is 11.6 Å². The van der Waals surface area contributed by atoms with Gasteiger partial charge in [-0.05, 0) is 0 Å². The molecular weight excluding hydrogens is 206 g/mol. The van der Waals surface area contributed by atoms with Crippen LogP contribution in [0.5, 0.6) is 0 Å². The Labute approximate surface area is 87.0 Å². The number of amides is 1.